The third kappa shape index (κ3) is 6.22. The highest BCUT2D eigenvalue weighted by molar-refractivity contribution is 6.96. The highest BCUT2D eigenvalue weighted by Gasteiger charge is 2.58. The maximum atomic E-state index is 3.36. The molecule has 0 atom stereocenters. The first-order valence-corrected chi connectivity index (χ1v) is 17.5. The van der Waals surface area contributed by atoms with Crippen molar-refractivity contribution in [3.8, 4) is 0 Å². The van der Waals surface area contributed by atoms with E-state index in [2.05, 4.69) is 94.2 Å². The van der Waals surface area contributed by atoms with Crippen molar-refractivity contribution in [2.24, 2.45) is 0 Å². The summed E-state index contributed by atoms with van der Waals surface area (Å²) >= 11 is 0. The quantitative estimate of drug-likeness (QED) is 0.180. The summed E-state index contributed by atoms with van der Waals surface area (Å²) in [6, 6.07) is 0. The van der Waals surface area contributed by atoms with Crippen molar-refractivity contribution in [2.45, 2.75) is 162 Å². The van der Waals surface area contributed by atoms with Gasteiger partial charge in [0.2, 0.25) is 0 Å². The van der Waals surface area contributed by atoms with Crippen LogP contribution in [0.2, 0.25) is 33.2 Å². The Morgan fingerprint density at radius 1 is 0.448 bits per heavy atom. The van der Waals surface area contributed by atoms with Gasteiger partial charge in [0.1, 0.15) is 16.5 Å². The first kappa shape index (κ1) is 29.4. The molecule has 1 nitrogen and oxygen atoms in total. The van der Waals surface area contributed by atoms with E-state index in [1.807, 2.05) is 0 Å². The van der Waals surface area contributed by atoms with Crippen LogP contribution in [0.5, 0.6) is 0 Å². The lowest BCUT2D eigenvalue weighted by atomic mass is 10.1. The Morgan fingerprint density at radius 2 is 0.724 bits per heavy atom. The van der Waals surface area contributed by atoms with Gasteiger partial charge in [0.25, 0.3) is 0 Å². The third-order valence-corrected chi connectivity index (χ3v) is 24.0. The largest absolute Gasteiger partial charge is 0.344 e. The first-order chi connectivity index (χ1) is 13.4. The molecule has 0 heterocycles. The first-order valence-electron chi connectivity index (χ1n) is 13.1. The lowest BCUT2D eigenvalue weighted by Gasteiger charge is -2.63. The van der Waals surface area contributed by atoms with Gasteiger partial charge in [-0.25, -0.2) is 0 Å². The van der Waals surface area contributed by atoms with Crippen LogP contribution in [0.25, 0.3) is 0 Å². The summed E-state index contributed by atoms with van der Waals surface area (Å²) in [5.41, 5.74) is 4.87. The highest BCUT2D eigenvalue weighted by Crippen LogP contribution is 2.53. The van der Waals surface area contributed by atoms with Gasteiger partial charge < -0.3 is 4.23 Å². The van der Waals surface area contributed by atoms with Crippen molar-refractivity contribution in [3.63, 3.8) is 0 Å². The zero-order chi connectivity index (χ0) is 23.0. The molecule has 0 aromatic rings. The molecule has 0 aliphatic heterocycles. The van der Waals surface area contributed by atoms with E-state index in [0.29, 0.717) is 0 Å². The summed E-state index contributed by atoms with van der Waals surface area (Å²) in [5, 5.41) is 0. The number of hydrogen-bond donors (Lipinski definition) is 0. The van der Waals surface area contributed by atoms with Crippen molar-refractivity contribution in [1.82, 2.24) is 4.23 Å². The Morgan fingerprint density at radius 3 is 1.00 bits per heavy atom. The van der Waals surface area contributed by atoms with Crippen LogP contribution in [0.15, 0.2) is 0 Å². The fourth-order valence-corrected chi connectivity index (χ4v) is 27.8. The van der Waals surface area contributed by atoms with Crippen molar-refractivity contribution in [2.75, 3.05) is 6.54 Å². The van der Waals surface area contributed by atoms with Crippen molar-refractivity contribution in [1.29, 1.82) is 0 Å². The molecule has 0 bridgehead atoms. The van der Waals surface area contributed by atoms with Crippen molar-refractivity contribution >= 4 is 16.5 Å². The van der Waals surface area contributed by atoms with Gasteiger partial charge in [0.05, 0.1) is 0 Å². The molecule has 3 heteroatoms. The molecule has 0 aliphatic rings. The topological polar surface area (TPSA) is 3.24 Å². The van der Waals surface area contributed by atoms with Crippen LogP contribution in [-0.2, 0) is 0 Å². The van der Waals surface area contributed by atoms with E-state index in [9.17, 15) is 0 Å². The van der Waals surface area contributed by atoms with E-state index in [1.165, 1.54) is 45.1 Å². The predicted octanol–water partition coefficient (Wildman–Crippen LogP) is 10.00. The molecule has 0 amide bonds. The summed E-state index contributed by atoms with van der Waals surface area (Å²) in [6.45, 7) is 34.5. The fourth-order valence-electron chi connectivity index (χ4n) is 7.64. The molecular formula is C26H59NSi2. The average molecular weight is 442 g/mol. The van der Waals surface area contributed by atoms with E-state index in [0.717, 1.165) is 33.2 Å². The Hall–Kier alpha value is 0.394. The number of hydrogen-bond acceptors (Lipinski definition) is 1. The summed E-state index contributed by atoms with van der Waals surface area (Å²) in [4.78, 5) is 0. The molecule has 0 fully saturated rings. The van der Waals surface area contributed by atoms with E-state index >= 15 is 0 Å². The van der Waals surface area contributed by atoms with Crippen LogP contribution in [-0.4, -0.2) is 27.2 Å². The molecule has 0 aromatic carbocycles. The smallest absolute Gasteiger partial charge is 0.129 e. The predicted molar refractivity (Wildman–Crippen MR) is 142 cm³/mol. The molecule has 0 rings (SSSR count). The van der Waals surface area contributed by atoms with E-state index in [4.69, 9.17) is 0 Å². The number of rotatable bonds is 15. The standard InChI is InChI=1S/C26H59NSi2/c1-14-15-16-17-18-19-20-27(28(21(2)3,22(4)5)23(6)7)29(24(8)9,25(10)11)26(12)13/h21-26H,14-20H2,1-13H3. The van der Waals surface area contributed by atoms with Crippen molar-refractivity contribution in [3.05, 3.63) is 0 Å². The monoisotopic (exact) mass is 441 g/mol. The molecule has 0 spiro atoms. The molecule has 0 unspecified atom stereocenters. The normalized spacial score (nSPS) is 14.1. The van der Waals surface area contributed by atoms with Gasteiger partial charge in [-0.1, -0.05) is 122 Å². The van der Waals surface area contributed by atoms with Crippen LogP contribution in [0, 0.1) is 0 Å². The molecule has 0 aromatic heterocycles. The zero-order valence-electron chi connectivity index (χ0n) is 22.9. The summed E-state index contributed by atoms with van der Waals surface area (Å²) in [5.74, 6) is 0. The second-order valence-corrected chi connectivity index (χ2v) is 23.6. The molecule has 0 saturated heterocycles. The van der Waals surface area contributed by atoms with Gasteiger partial charge in [-0.05, 0) is 46.2 Å². The van der Waals surface area contributed by atoms with Gasteiger partial charge in [0.15, 0.2) is 0 Å². The van der Waals surface area contributed by atoms with Crippen LogP contribution in [0.4, 0.5) is 0 Å². The van der Waals surface area contributed by atoms with Gasteiger partial charge in [-0.2, -0.15) is 0 Å². The Labute approximate surface area is 189 Å². The third-order valence-electron chi connectivity index (χ3n) is 8.22. The lowest BCUT2D eigenvalue weighted by Crippen LogP contribution is -2.73. The maximum Gasteiger partial charge on any atom is 0.129 e. The lowest BCUT2D eigenvalue weighted by molar-refractivity contribution is 0.468. The van der Waals surface area contributed by atoms with Crippen LogP contribution in [0.3, 0.4) is 0 Å². The maximum absolute atomic E-state index is 3.36. The second kappa shape index (κ2) is 13.1. The van der Waals surface area contributed by atoms with Crippen LogP contribution < -0.4 is 0 Å². The van der Waals surface area contributed by atoms with Crippen molar-refractivity contribution < 1.29 is 0 Å². The molecular weight excluding hydrogens is 382 g/mol. The number of unbranched alkanes of at least 4 members (excludes halogenated alkanes) is 5. The molecule has 0 aliphatic carbocycles. The molecule has 29 heavy (non-hydrogen) atoms. The summed E-state index contributed by atoms with van der Waals surface area (Å²) in [6.07, 6.45) is 8.45. The highest BCUT2D eigenvalue weighted by atomic mass is 28.4. The minimum absolute atomic E-state index is 0.811. The zero-order valence-corrected chi connectivity index (χ0v) is 24.9. The van der Waals surface area contributed by atoms with Gasteiger partial charge in [-0.3, -0.25) is 0 Å². The second-order valence-electron chi connectivity index (χ2n) is 11.6. The van der Waals surface area contributed by atoms with Crippen LogP contribution in [0.1, 0.15) is 129 Å². The summed E-state index contributed by atoms with van der Waals surface area (Å²) < 4.78 is 3.36. The Bertz CT molecular complexity index is 351. The molecule has 0 radical (unpaired) electrons. The minimum atomic E-state index is -1.66. The van der Waals surface area contributed by atoms with E-state index in [-0.39, 0.29) is 0 Å². The fraction of sp³-hybridized carbons (Fsp3) is 1.00. The number of nitrogens with zero attached hydrogens (tertiary/aromatic N) is 1. The van der Waals surface area contributed by atoms with Gasteiger partial charge >= 0.3 is 0 Å². The van der Waals surface area contributed by atoms with E-state index in [1.54, 1.807) is 0 Å². The minimum Gasteiger partial charge on any atom is -0.344 e. The van der Waals surface area contributed by atoms with Crippen LogP contribution >= 0.6 is 0 Å². The van der Waals surface area contributed by atoms with Gasteiger partial charge in [-0.15, -0.1) is 0 Å². The average Bonchev–Trinajstić information content (AvgIpc) is 2.56. The Kier molecular flexibility index (Phi) is 13.2. The molecule has 0 N–H and O–H groups in total. The van der Waals surface area contributed by atoms with E-state index < -0.39 is 16.5 Å². The van der Waals surface area contributed by atoms with Gasteiger partial charge in [0, 0.05) is 0 Å². The molecule has 176 valence electrons. The Balaban J connectivity index is 6.36. The SMILES string of the molecule is CCCCCCCCN([Si](C(C)C)(C(C)C)C(C)C)[Si](C(C)C)(C(C)C)C(C)C. The summed E-state index contributed by atoms with van der Waals surface area (Å²) in [7, 11) is -3.32. The molecule has 0 saturated carbocycles.